The van der Waals surface area contributed by atoms with Gasteiger partial charge in [-0.25, -0.2) is 0 Å². The van der Waals surface area contributed by atoms with Crippen LogP contribution in [0.3, 0.4) is 0 Å². The van der Waals surface area contributed by atoms with Crippen LogP contribution in [0.2, 0.25) is 0 Å². The molecule has 1 N–H and O–H groups in total. The van der Waals surface area contributed by atoms with Crippen LogP contribution in [0.5, 0.6) is 0 Å². The molecule has 2 heterocycles. The van der Waals surface area contributed by atoms with Crippen molar-refractivity contribution in [2.75, 3.05) is 13.1 Å². The van der Waals surface area contributed by atoms with Gasteiger partial charge in [-0.2, -0.15) is 5.26 Å². The van der Waals surface area contributed by atoms with Gasteiger partial charge in [0.25, 0.3) is 0 Å². The van der Waals surface area contributed by atoms with Crippen molar-refractivity contribution >= 4 is 5.91 Å². The maximum atomic E-state index is 12.3. The van der Waals surface area contributed by atoms with Crippen molar-refractivity contribution in [3.63, 3.8) is 0 Å². The first-order valence-electron chi connectivity index (χ1n) is 7.65. The molecule has 112 valence electrons. The van der Waals surface area contributed by atoms with E-state index < -0.39 is 5.54 Å². The fourth-order valence-electron chi connectivity index (χ4n) is 3.24. The van der Waals surface area contributed by atoms with E-state index >= 15 is 0 Å². The monoisotopic (exact) mass is 286 g/mol. The molecule has 2 atom stereocenters. The summed E-state index contributed by atoms with van der Waals surface area (Å²) in [4.78, 5) is 14.5. The van der Waals surface area contributed by atoms with Crippen LogP contribution in [-0.2, 0) is 11.3 Å². The molecule has 1 saturated carbocycles. The van der Waals surface area contributed by atoms with Crippen molar-refractivity contribution in [3.8, 4) is 6.07 Å². The number of hydrogen-bond acceptors (Lipinski definition) is 3. The van der Waals surface area contributed by atoms with Crippen LogP contribution in [-0.4, -0.2) is 34.0 Å². The minimum absolute atomic E-state index is 0.0437. The predicted molar refractivity (Wildman–Crippen MR) is 79.3 cm³/mol. The Labute approximate surface area is 125 Å². The largest absolute Gasteiger partial charge is 0.349 e. The molecule has 5 heteroatoms. The van der Waals surface area contributed by atoms with Gasteiger partial charge in [-0.05, 0) is 44.7 Å². The second-order valence-electron chi connectivity index (χ2n) is 6.41. The fourth-order valence-corrected chi connectivity index (χ4v) is 3.24. The van der Waals surface area contributed by atoms with Crippen molar-refractivity contribution in [1.29, 1.82) is 5.26 Å². The number of amides is 1. The predicted octanol–water partition coefficient (Wildman–Crippen LogP) is 1.67. The first-order chi connectivity index (χ1) is 10.0. The maximum Gasteiger partial charge on any atom is 0.235 e. The molecule has 3 rings (SSSR count). The number of hydrogen-bond donors (Lipinski definition) is 1. The van der Waals surface area contributed by atoms with E-state index in [1.54, 1.807) is 0 Å². The minimum Gasteiger partial charge on any atom is -0.349 e. The first kappa shape index (κ1) is 14.2. The average Bonchev–Trinajstić information content (AvgIpc) is 3.21. The van der Waals surface area contributed by atoms with Crippen molar-refractivity contribution in [1.82, 2.24) is 14.8 Å². The van der Waals surface area contributed by atoms with Crippen LogP contribution < -0.4 is 5.32 Å². The Bertz CT molecular complexity index is 583. The second-order valence-corrected chi connectivity index (χ2v) is 6.41. The average molecular weight is 286 g/mol. The summed E-state index contributed by atoms with van der Waals surface area (Å²) in [5.41, 5.74) is 0.551. The molecule has 0 radical (unpaired) electrons. The highest BCUT2D eigenvalue weighted by Gasteiger charge is 2.43. The topological polar surface area (TPSA) is 61.1 Å². The third kappa shape index (κ3) is 2.68. The van der Waals surface area contributed by atoms with E-state index in [-0.39, 0.29) is 11.9 Å². The zero-order chi connectivity index (χ0) is 15.0. The van der Waals surface area contributed by atoms with Gasteiger partial charge in [0, 0.05) is 31.0 Å². The summed E-state index contributed by atoms with van der Waals surface area (Å²) in [5.74, 6) is 0.278. The molecule has 2 aliphatic rings. The zero-order valence-electron chi connectivity index (χ0n) is 12.7. The number of rotatable bonds is 4. The summed E-state index contributed by atoms with van der Waals surface area (Å²) >= 11 is 0. The van der Waals surface area contributed by atoms with Gasteiger partial charge >= 0.3 is 0 Å². The molecule has 2 unspecified atom stereocenters. The molecule has 1 aliphatic heterocycles. The van der Waals surface area contributed by atoms with Crippen molar-refractivity contribution in [2.45, 2.75) is 44.8 Å². The van der Waals surface area contributed by atoms with Crippen LogP contribution in [0.15, 0.2) is 18.3 Å². The quantitative estimate of drug-likeness (QED) is 0.916. The number of fused-ring (bicyclic) bond motifs is 1. The Morgan fingerprint density at radius 1 is 1.52 bits per heavy atom. The number of nitrogens with one attached hydrogen (secondary N) is 1. The Kier molecular flexibility index (Phi) is 3.50. The molecule has 1 amide bonds. The van der Waals surface area contributed by atoms with Crippen LogP contribution in [0, 0.1) is 17.2 Å². The summed E-state index contributed by atoms with van der Waals surface area (Å²) in [6.45, 7) is 6.10. The van der Waals surface area contributed by atoms with Crippen LogP contribution in [0.4, 0.5) is 0 Å². The number of nitriles is 1. The molecule has 21 heavy (non-hydrogen) atoms. The van der Waals surface area contributed by atoms with Gasteiger partial charge < -0.3 is 9.88 Å². The Balaban J connectivity index is 1.62. The van der Waals surface area contributed by atoms with Crippen LogP contribution in [0.1, 0.15) is 38.4 Å². The first-order valence-corrected chi connectivity index (χ1v) is 7.65. The summed E-state index contributed by atoms with van der Waals surface area (Å²) in [7, 11) is 0. The fraction of sp³-hybridized carbons (Fsp3) is 0.625. The standard InChI is InChI=1S/C16H22N4O/c1-12-14-4-3-7-19(14)8-9-20(12)10-15(21)18-16(2,11-17)13-5-6-13/h3-4,7,12-13H,5-6,8-10H2,1-2H3,(H,18,21). The third-order valence-electron chi connectivity index (χ3n) is 4.84. The molecule has 5 nitrogen and oxygen atoms in total. The van der Waals surface area contributed by atoms with Crippen LogP contribution in [0.25, 0.3) is 0 Å². The number of nitrogens with zero attached hydrogens (tertiary/aromatic N) is 3. The molecule has 0 spiro atoms. The highest BCUT2D eigenvalue weighted by Crippen LogP contribution is 2.39. The van der Waals surface area contributed by atoms with E-state index in [1.165, 1.54) is 5.69 Å². The lowest BCUT2D eigenvalue weighted by atomic mass is 9.98. The SMILES string of the molecule is CC1c2cccn2CCN1CC(=O)NC(C)(C#N)C1CC1. The molecular weight excluding hydrogens is 264 g/mol. The molecule has 1 aromatic rings. The van der Waals surface area contributed by atoms with E-state index in [4.69, 9.17) is 0 Å². The van der Waals surface area contributed by atoms with Gasteiger partial charge in [0.2, 0.25) is 5.91 Å². The van der Waals surface area contributed by atoms with Gasteiger partial charge in [-0.1, -0.05) is 0 Å². The van der Waals surface area contributed by atoms with E-state index in [1.807, 2.05) is 6.92 Å². The molecule has 1 aliphatic carbocycles. The maximum absolute atomic E-state index is 12.3. The highest BCUT2D eigenvalue weighted by molar-refractivity contribution is 5.79. The van der Waals surface area contributed by atoms with Gasteiger partial charge in [0.15, 0.2) is 0 Å². The summed E-state index contributed by atoms with van der Waals surface area (Å²) in [6.07, 6.45) is 4.17. The van der Waals surface area contributed by atoms with E-state index in [9.17, 15) is 10.1 Å². The normalized spacial score (nSPS) is 24.7. The van der Waals surface area contributed by atoms with E-state index in [2.05, 4.69) is 46.1 Å². The summed E-state index contributed by atoms with van der Waals surface area (Å²) in [6, 6.07) is 6.67. The number of aromatic nitrogens is 1. The van der Waals surface area contributed by atoms with Gasteiger partial charge in [-0.3, -0.25) is 9.69 Å². The highest BCUT2D eigenvalue weighted by atomic mass is 16.2. The lowest BCUT2D eigenvalue weighted by Gasteiger charge is -2.35. The van der Waals surface area contributed by atoms with Crippen molar-refractivity contribution in [2.24, 2.45) is 5.92 Å². The lowest BCUT2D eigenvalue weighted by molar-refractivity contribution is -0.124. The van der Waals surface area contributed by atoms with Gasteiger partial charge in [0.1, 0.15) is 5.54 Å². The summed E-state index contributed by atoms with van der Waals surface area (Å²) in [5, 5.41) is 12.3. The number of carbonyl (C=O) groups is 1. The molecule has 0 aromatic carbocycles. The molecular formula is C16H22N4O. The zero-order valence-corrected chi connectivity index (χ0v) is 12.7. The smallest absolute Gasteiger partial charge is 0.235 e. The minimum atomic E-state index is -0.698. The third-order valence-corrected chi connectivity index (χ3v) is 4.84. The van der Waals surface area contributed by atoms with Gasteiger partial charge in [0.05, 0.1) is 12.6 Å². The molecule has 1 fully saturated rings. The Morgan fingerprint density at radius 2 is 2.29 bits per heavy atom. The summed E-state index contributed by atoms with van der Waals surface area (Å²) < 4.78 is 2.24. The molecule has 0 bridgehead atoms. The lowest BCUT2D eigenvalue weighted by Crippen LogP contribution is -2.51. The van der Waals surface area contributed by atoms with Gasteiger partial charge in [-0.15, -0.1) is 0 Å². The van der Waals surface area contributed by atoms with Crippen molar-refractivity contribution in [3.05, 3.63) is 24.0 Å². The number of carbonyl (C=O) groups excluding carboxylic acids is 1. The Morgan fingerprint density at radius 3 is 2.95 bits per heavy atom. The Hall–Kier alpha value is -1.80. The van der Waals surface area contributed by atoms with Crippen LogP contribution >= 0.6 is 0 Å². The van der Waals surface area contributed by atoms with E-state index in [0.717, 1.165) is 25.9 Å². The molecule has 1 aromatic heterocycles. The molecule has 0 saturated heterocycles. The van der Waals surface area contributed by atoms with E-state index in [0.29, 0.717) is 12.5 Å². The van der Waals surface area contributed by atoms with Crippen molar-refractivity contribution < 1.29 is 4.79 Å². The second kappa shape index (κ2) is 5.19.